The highest BCUT2D eigenvalue weighted by Gasteiger charge is 2.35. The summed E-state index contributed by atoms with van der Waals surface area (Å²) in [5, 5.41) is 20.4. The van der Waals surface area contributed by atoms with Crippen LogP contribution >= 0.6 is 0 Å². The Morgan fingerprint density at radius 1 is 1.18 bits per heavy atom. The Morgan fingerprint density at radius 3 is 2.65 bits per heavy atom. The van der Waals surface area contributed by atoms with E-state index in [9.17, 15) is 10.1 Å². The lowest BCUT2D eigenvalue weighted by molar-refractivity contribution is 0.00744. The highest BCUT2D eigenvalue weighted by atomic mass is 19.1. The Hall–Kier alpha value is -4.76. The number of likely N-dealkylation sites (tertiary alicyclic amines) is 2. The Kier molecular flexibility index (Phi) is 8.90. The molecule has 3 aromatic heterocycles. The van der Waals surface area contributed by atoms with Crippen LogP contribution < -0.4 is 4.74 Å². The number of hydrogen-bond acceptors (Lipinski definition) is 8. The van der Waals surface area contributed by atoms with E-state index >= 15 is 4.39 Å². The molecule has 5 aromatic rings. The summed E-state index contributed by atoms with van der Waals surface area (Å²) in [7, 11) is 4.04. The summed E-state index contributed by atoms with van der Waals surface area (Å²) >= 11 is 0. The summed E-state index contributed by atoms with van der Waals surface area (Å²) < 4.78 is 33.6. The fraction of sp³-hybridized carbons (Fsp3) is 0.513. The van der Waals surface area contributed by atoms with E-state index < -0.39 is 11.4 Å². The number of halogens is 1. The van der Waals surface area contributed by atoms with E-state index in [1.165, 1.54) is 0 Å². The number of piperidine rings is 1. The molecule has 0 N–H and O–H groups in total. The normalized spacial score (nSPS) is 20.7. The maximum absolute atomic E-state index is 17.4. The van der Waals surface area contributed by atoms with Crippen LogP contribution in [0.4, 0.5) is 9.18 Å². The topological polar surface area (TPSA) is 114 Å². The molecule has 0 aliphatic carbocycles. The van der Waals surface area contributed by atoms with Crippen LogP contribution in [0.5, 0.6) is 5.88 Å². The quantitative estimate of drug-likeness (QED) is 0.180. The van der Waals surface area contributed by atoms with Crippen molar-refractivity contribution in [3.05, 3.63) is 47.4 Å². The molecule has 2 fully saturated rings. The van der Waals surface area contributed by atoms with Gasteiger partial charge in [-0.25, -0.2) is 18.9 Å². The molecule has 268 valence electrons. The van der Waals surface area contributed by atoms with Crippen LogP contribution in [-0.2, 0) is 18.2 Å². The second-order valence-corrected chi connectivity index (χ2v) is 15.4. The van der Waals surface area contributed by atoms with Crippen LogP contribution in [-0.4, -0.2) is 84.4 Å². The highest BCUT2D eigenvalue weighted by molar-refractivity contribution is 6.08. The molecule has 2 aliphatic heterocycles. The van der Waals surface area contributed by atoms with Crippen LogP contribution in [0.25, 0.3) is 44.0 Å². The van der Waals surface area contributed by atoms with Gasteiger partial charge in [-0.1, -0.05) is 17.3 Å². The molecule has 4 atom stereocenters. The van der Waals surface area contributed by atoms with Gasteiger partial charge in [0.2, 0.25) is 5.88 Å². The summed E-state index contributed by atoms with van der Waals surface area (Å²) in [5.74, 6) is -0.199. The van der Waals surface area contributed by atoms with Crippen molar-refractivity contribution < 1.29 is 18.7 Å². The minimum absolute atomic E-state index is 0.102. The molecular formula is C39H47FN8O3. The van der Waals surface area contributed by atoms with Gasteiger partial charge in [0, 0.05) is 53.7 Å². The van der Waals surface area contributed by atoms with Crippen molar-refractivity contribution in [3.8, 4) is 23.1 Å². The van der Waals surface area contributed by atoms with E-state index in [1.54, 1.807) is 4.90 Å². The van der Waals surface area contributed by atoms with Gasteiger partial charge in [0.25, 0.3) is 0 Å². The number of likely N-dealkylation sites (N-methyl/N-ethyl adjacent to an activating group) is 1. The second-order valence-electron chi connectivity index (χ2n) is 15.4. The molecule has 0 spiro atoms. The number of benzene rings is 2. The number of nitriles is 1. The van der Waals surface area contributed by atoms with Crippen molar-refractivity contribution in [1.82, 2.24) is 34.3 Å². The summed E-state index contributed by atoms with van der Waals surface area (Å²) in [6.07, 6.45) is 4.95. The van der Waals surface area contributed by atoms with Crippen LogP contribution in [0.1, 0.15) is 77.5 Å². The molecule has 2 aliphatic rings. The molecule has 0 radical (unpaired) electrons. The number of amides is 1. The van der Waals surface area contributed by atoms with Crippen molar-refractivity contribution >= 4 is 38.9 Å². The lowest BCUT2D eigenvalue weighted by Crippen LogP contribution is -2.47. The molecule has 2 saturated heterocycles. The molecule has 0 unspecified atom stereocenters. The number of carbonyl (C=O) groups is 1. The highest BCUT2D eigenvalue weighted by Crippen LogP contribution is 2.42. The molecule has 0 bridgehead atoms. The number of aromatic nitrogens is 5. The van der Waals surface area contributed by atoms with Gasteiger partial charge >= 0.3 is 6.09 Å². The molecule has 2 aromatic carbocycles. The molecule has 7 rings (SSSR count). The molecule has 11 nitrogen and oxygen atoms in total. The van der Waals surface area contributed by atoms with Crippen molar-refractivity contribution in [2.24, 2.45) is 7.05 Å². The van der Waals surface area contributed by atoms with E-state index in [2.05, 4.69) is 28.3 Å². The number of fused-ring (bicyclic) bond motifs is 4. The smallest absolute Gasteiger partial charge is 0.410 e. The van der Waals surface area contributed by atoms with E-state index in [-0.39, 0.29) is 48.1 Å². The Labute approximate surface area is 297 Å². The first-order valence-electron chi connectivity index (χ1n) is 18.0. The van der Waals surface area contributed by atoms with Crippen molar-refractivity contribution in [1.29, 1.82) is 5.26 Å². The van der Waals surface area contributed by atoms with Crippen molar-refractivity contribution in [2.45, 2.75) is 103 Å². The fourth-order valence-electron chi connectivity index (χ4n) is 8.28. The molecule has 1 amide bonds. The van der Waals surface area contributed by atoms with Gasteiger partial charge in [-0.3, -0.25) is 4.90 Å². The SMILES string of the molecule is Cc1cc2c(nc(O[C@@H](C)[C@@H]3CCCN3C)c3nnn([C@H]4CCN(C(=O)OC(C)(C)C)[C@H](C)C4)c32)c(F)c1-c1cccc2c1c(CC#N)cn2C. The number of pyridine rings is 1. The third-order valence-electron chi connectivity index (χ3n) is 10.7. The van der Waals surface area contributed by atoms with E-state index in [0.717, 1.165) is 47.0 Å². The first-order valence-corrected chi connectivity index (χ1v) is 18.0. The summed E-state index contributed by atoms with van der Waals surface area (Å²) in [6, 6.07) is 10.1. The molecule has 0 saturated carbocycles. The lowest BCUT2D eigenvalue weighted by Gasteiger charge is -2.38. The van der Waals surface area contributed by atoms with Crippen LogP contribution in [0.2, 0.25) is 0 Å². The maximum Gasteiger partial charge on any atom is 0.410 e. The van der Waals surface area contributed by atoms with Gasteiger partial charge in [0.05, 0.1) is 18.5 Å². The third kappa shape index (κ3) is 6.15. The van der Waals surface area contributed by atoms with E-state index in [1.807, 2.05) is 88.3 Å². The minimum atomic E-state index is -0.591. The van der Waals surface area contributed by atoms with Crippen LogP contribution in [0, 0.1) is 24.1 Å². The number of ether oxygens (including phenoxy) is 2. The zero-order chi connectivity index (χ0) is 36.4. The first kappa shape index (κ1) is 34.7. The number of aryl methyl sites for hydroxylation is 2. The van der Waals surface area contributed by atoms with Gasteiger partial charge in [-0.15, -0.1) is 5.10 Å². The Balaban J connectivity index is 1.39. The maximum atomic E-state index is 17.4. The monoisotopic (exact) mass is 694 g/mol. The fourth-order valence-corrected chi connectivity index (χ4v) is 8.28. The molecule has 5 heterocycles. The van der Waals surface area contributed by atoms with Gasteiger partial charge < -0.3 is 18.9 Å². The average Bonchev–Trinajstić information content (AvgIpc) is 3.79. The summed E-state index contributed by atoms with van der Waals surface area (Å²) in [5.41, 5.74) is 4.42. The number of hydrogen-bond donors (Lipinski definition) is 0. The molecular weight excluding hydrogens is 647 g/mol. The zero-order valence-corrected chi connectivity index (χ0v) is 30.8. The van der Waals surface area contributed by atoms with Gasteiger partial charge in [0.1, 0.15) is 22.7 Å². The van der Waals surface area contributed by atoms with Crippen LogP contribution in [0.3, 0.4) is 0 Å². The number of rotatable bonds is 6. The van der Waals surface area contributed by atoms with Crippen LogP contribution in [0.15, 0.2) is 30.5 Å². The van der Waals surface area contributed by atoms with E-state index in [4.69, 9.17) is 14.5 Å². The molecule has 51 heavy (non-hydrogen) atoms. The van der Waals surface area contributed by atoms with Crippen molar-refractivity contribution in [3.63, 3.8) is 0 Å². The largest absolute Gasteiger partial charge is 0.471 e. The van der Waals surface area contributed by atoms with Crippen molar-refractivity contribution in [2.75, 3.05) is 20.1 Å². The summed E-state index contributed by atoms with van der Waals surface area (Å²) in [6.45, 7) is 13.0. The first-order chi connectivity index (χ1) is 24.3. The lowest BCUT2D eigenvalue weighted by atomic mass is 9.92. The van der Waals surface area contributed by atoms with E-state index in [0.29, 0.717) is 41.4 Å². The average molecular weight is 695 g/mol. The molecule has 12 heteroatoms. The zero-order valence-electron chi connectivity index (χ0n) is 30.8. The van der Waals surface area contributed by atoms with Gasteiger partial charge in [-0.2, -0.15) is 5.26 Å². The second kappa shape index (κ2) is 13.1. The number of carbonyl (C=O) groups excluding carboxylic acids is 1. The van der Waals surface area contributed by atoms with Gasteiger partial charge in [0.15, 0.2) is 11.3 Å². The number of nitrogens with zero attached hydrogens (tertiary/aromatic N) is 8. The van der Waals surface area contributed by atoms with Gasteiger partial charge in [-0.05, 0) is 110 Å². The third-order valence-corrected chi connectivity index (χ3v) is 10.7. The standard InChI is InChI=1S/C39H47FN8O3/c1-22-19-28-34(33(40)31(22)27-11-9-12-30-32(27)25(14-16-41)21-46(30)8)42-37(50-24(3)29-13-10-17-45(29)7)35-36(28)48(44-43-35)26-15-18-47(23(2)20-26)38(49)51-39(4,5)6/h9,11-12,19,21,23-24,26,29H,10,13-15,17-18,20H2,1-8H3/t23-,24+,26+,29+/m1/s1. The predicted octanol–water partition coefficient (Wildman–Crippen LogP) is 7.47. The Bertz CT molecular complexity index is 2190. The predicted molar refractivity (Wildman–Crippen MR) is 195 cm³/mol. The Morgan fingerprint density at radius 2 is 1.96 bits per heavy atom. The minimum Gasteiger partial charge on any atom is -0.471 e. The summed E-state index contributed by atoms with van der Waals surface area (Å²) in [4.78, 5) is 22.0.